The highest BCUT2D eigenvalue weighted by Gasteiger charge is 2.21. The van der Waals surface area contributed by atoms with Crippen molar-refractivity contribution in [2.45, 2.75) is 6.29 Å². The van der Waals surface area contributed by atoms with E-state index in [0.29, 0.717) is 18.6 Å². The molecule has 4 heteroatoms. The second-order valence-electron chi connectivity index (χ2n) is 6.53. The van der Waals surface area contributed by atoms with Crippen LogP contribution in [0.5, 0.6) is 0 Å². The Balaban J connectivity index is 1.50. The molecule has 0 radical (unpaired) electrons. The summed E-state index contributed by atoms with van der Waals surface area (Å²) in [4.78, 5) is 0. The molecule has 1 aliphatic rings. The van der Waals surface area contributed by atoms with Crippen LogP contribution in [0, 0.1) is 41.7 Å². The number of terminal acetylenes is 1. The summed E-state index contributed by atoms with van der Waals surface area (Å²) in [5.74, 6) is 7.05. The summed E-state index contributed by atoms with van der Waals surface area (Å²) < 4.78 is 38.3. The normalized spacial score (nSPS) is 18.9. The number of ether oxygens (including phenoxy) is 2. The van der Waals surface area contributed by atoms with Gasteiger partial charge in [-0.1, -0.05) is 42.0 Å². The molecule has 3 aromatic carbocycles. The Morgan fingerprint density at radius 1 is 0.857 bits per heavy atom. The summed E-state index contributed by atoms with van der Waals surface area (Å²) in [6.07, 6.45) is 4.96. The van der Waals surface area contributed by atoms with Gasteiger partial charge in [-0.05, 0) is 35.7 Å². The van der Waals surface area contributed by atoms with E-state index in [2.05, 4.69) is 17.8 Å². The lowest BCUT2D eigenvalue weighted by Gasteiger charge is -2.27. The molecule has 1 saturated heterocycles. The van der Waals surface area contributed by atoms with Gasteiger partial charge in [-0.25, -0.2) is 8.78 Å². The van der Waals surface area contributed by atoms with Gasteiger partial charge in [0.05, 0.1) is 19.1 Å². The van der Waals surface area contributed by atoms with Gasteiger partial charge in [0, 0.05) is 22.1 Å². The summed E-state index contributed by atoms with van der Waals surface area (Å²) in [6.45, 7) is 0.963. The molecule has 4 rings (SSSR count). The van der Waals surface area contributed by atoms with Crippen molar-refractivity contribution in [3.8, 4) is 24.2 Å². The maximum Gasteiger partial charge on any atom is 0.183 e. The van der Waals surface area contributed by atoms with Crippen molar-refractivity contribution in [2.24, 2.45) is 5.92 Å². The van der Waals surface area contributed by atoms with Crippen LogP contribution in [-0.2, 0) is 9.47 Å². The molecular formula is C24H16F2O2. The average molecular weight is 374 g/mol. The number of fused-ring (bicyclic) bond motifs is 1. The van der Waals surface area contributed by atoms with Gasteiger partial charge in [0.15, 0.2) is 17.9 Å². The molecule has 138 valence electrons. The summed E-state index contributed by atoms with van der Waals surface area (Å²) >= 11 is 0. The van der Waals surface area contributed by atoms with E-state index in [1.165, 1.54) is 0 Å². The summed E-state index contributed by atoms with van der Waals surface area (Å²) in [6, 6.07) is 15.2. The van der Waals surface area contributed by atoms with Gasteiger partial charge >= 0.3 is 0 Å². The molecule has 0 saturated carbocycles. The zero-order valence-corrected chi connectivity index (χ0v) is 14.9. The first-order chi connectivity index (χ1) is 13.6. The van der Waals surface area contributed by atoms with E-state index in [9.17, 15) is 8.78 Å². The molecule has 1 aliphatic heterocycles. The molecule has 0 unspecified atom stereocenters. The molecule has 2 nitrogen and oxygen atoms in total. The monoisotopic (exact) mass is 374 g/mol. The fourth-order valence-electron chi connectivity index (χ4n) is 3.00. The Kier molecular flexibility index (Phi) is 5.08. The van der Waals surface area contributed by atoms with Crippen LogP contribution >= 0.6 is 0 Å². The van der Waals surface area contributed by atoms with E-state index < -0.39 is 17.9 Å². The molecule has 28 heavy (non-hydrogen) atoms. The van der Waals surface area contributed by atoms with E-state index in [1.54, 1.807) is 24.3 Å². The third-order valence-electron chi connectivity index (χ3n) is 4.57. The van der Waals surface area contributed by atoms with Crippen molar-refractivity contribution >= 4 is 10.8 Å². The molecule has 0 bridgehead atoms. The Bertz CT molecular complexity index is 1110. The number of halogens is 2. The van der Waals surface area contributed by atoms with Crippen molar-refractivity contribution < 1.29 is 18.3 Å². The number of benzene rings is 3. The quantitative estimate of drug-likeness (QED) is 0.569. The second-order valence-corrected chi connectivity index (χ2v) is 6.53. The van der Waals surface area contributed by atoms with Crippen molar-refractivity contribution in [1.29, 1.82) is 0 Å². The third-order valence-corrected chi connectivity index (χ3v) is 4.57. The van der Waals surface area contributed by atoms with Crippen LogP contribution < -0.4 is 0 Å². The highest BCUT2D eigenvalue weighted by molar-refractivity contribution is 5.84. The standard InChI is InChI=1S/C24H16F2O2/c1-2-16-14-27-24(28-15-16)19-8-5-17(6-9-19)3-4-18-7-11-21-20(13-18)10-12-22(25)23(21)26/h1,5-13,16,24H,14-15H2. The third kappa shape index (κ3) is 3.75. The van der Waals surface area contributed by atoms with Crippen molar-refractivity contribution in [1.82, 2.24) is 0 Å². The van der Waals surface area contributed by atoms with Crippen LogP contribution in [0.4, 0.5) is 8.78 Å². The summed E-state index contributed by atoms with van der Waals surface area (Å²) in [7, 11) is 0. The largest absolute Gasteiger partial charge is 0.347 e. The molecule has 0 aliphatic carbocycles. The van der Waals surface area contributed by atoms with Gasteiger partial charge in [0.2, 0.25) is 0 Å². The Morgan fingerprint density at radius 3 is 2.25 bits per heavy atom. The van der Waals surface area contributed by atoms with Crippen LogP contribution in [0.2, 0.25) is 0 Å². The lowest BCUT2D eigenvalue weighted by atomic mass is 10.1. The molecule has 0 amide bonds. The van der Waals surface area contributed by atoms with Crippen LogP contribution in [0.15, 0.2) is 54.6 Å². The maximum atomic E-state index is 13.8. The smallest absolute Gasteiger partial charge is 0.183 e. The van der Waals surface area contributed by atoms with Crippen molar-refractivity contribution in [3.05, 3.63) is 82.9 Å². The van der Waals surface area contributed by atoms with E-state index in [4.69, 9.17) is 15.9 Å². The lowest BCUT2D eigenvalue weighted by molar-refractivity contribution is -0.196. The zero-order valence-electron chi connectivity index (χ0n) is 14.9. The minimum absolute atomic E-state index is 0.00619. The predicted octanol–water partition coefficient (Wildman–Crippen LogP) is 4.81. The fourth-order valence-corrected chi connectivity index (χ4v) is 3.00. The fraction of sp³-hybridized carbons (Fsp3) is 0.167. The zero-order chi connectivity index (χ0) is 19.5. The minimum Gasteiger partial charge on any atom is -0.347 e. The van der Waals surface area contributed by atoms with E-state index in [0.717, 1.165) is 22.8 Å². The van der Waals surface area contributed by atoms with E-state index in [-0.39, 0.29) is 11.3 Å². The predicted molar refractivity (Wildman–Crippen MR) is 103 cm³/mol. The molecule has 0 spiro atoms. The topological polar surface area (TPSA) is 18.5 Å². The van der Waals surface area contributed by atoms with Gasteiger partial charge in [0.1, 0.15) is 0 Å². The summed E-state index contributed by atoms with van der Waals surface area (Å²) in [5.41, 5.74) is 2.46. The van der Waals surface area contributed by atoms with Gasteiger partial charge in [-0.3, -0.25) is 0 Å². The Labute approximate surface area is 162 Å². The molecule has 1 fully saturated rings. The van der Waals surface area contributed by atoms with Crippen LogP contribution in [-0.4, -0.2) is 13.2 Å². The first-order valence-electron chi connectivity index (χ1n) is 8.83. The van der Waals surface area contributed by atoms with E-state index >= 15 is 0 Å². The van der Waals surface area contributed by atoms with Crippen LogP contribution in [0.3, 0.4) is 0 Å². The molecular weight excluding hydrogens is 358 g/mol. The number of rotatable bonds is 1. The van der Waals surface area contributed by atoms with Gasteiger partial charge < -0.3 is 9.47 Å². The van der Waals surface area contributed by atoms with Crippen LogP contribution in [0.25, 0.3) is 10.8 Å². The average Bonchev–Trinajstić information content (AvgIpc) is 2.75. The molecule has 3 aromatic rings. The molecule has 0 aromatic heterocycles. The van der Waals surface area contributed by atoms with Crippen LogP contribution in [0.1, 0.15) is 23.0 Å². The van der Waals surface area contributed by atoms with Gasteiger partial charge in [-0.15, -0.1) is 6.42 Å². The second kappa shape index (κ2) is 7.82. The molecule has 1 heterocycles. The Hall–Kier alpha value is -3.18. The SMILES string of the molecule is C#CC1COC(c2ccc(C#Cc3ccc4c(F)c(F)ccc4c3)cc2)OC1. The minimum atomic E-state index is -0.854. The number of hydrogen-bond donors (Lipinski definition) is 0. The van der Waals surface area contributed by atoms with Gasteiger partial charge in [-0.2, -0.15) is 0 Å². The maximum absolute atomic E-state index is 13.8. The Morgan fingerprint density at radius 2 is 1.54 bits per heavy atom. The highest BCUT2D eigenvalue weighted by Crippen LogP contribution is 2.25. The van der Waals surface area contributed by atoms with Gasteiger partial charge in [0.25, 0.3) is 0 Å². The lowest BCUT2D eigenvalue weighted by Crippen LogP contribution is -2.25. The number of hydrogen-bond acceptors (Lipinski definition) is 2. The first-order valence-corrected chi connectivity index (χ1v) is 8.83. The first kappa shape index (κ1) is 18.2. The van der Waals surface area contributed by atoms with Crippen molar-refractivity contribution in [2.75, 3.05) is 13.2 Å². The summed E-state index contributed by atoms with van der Waals surface area (Å²) in [5, 5.41) is 0.854. The van der Waals surface area contributed by atoms with Crippen molar-refractivity contribution in [3.63, 3.8) is 0 Å². The molecule has 0 atom stereocenters. The highest BCUT2D eigenvalue weighted by atomic mass is 19.2. The molecule has 0 N–H and O–H groups in total. The van der Waals surface area contributed by atoms with E-state index in [1.807, 2.05) is 24.3 Å².